The first-order chi connectivity index (χ1) is 17.9. The lowest BCUT2D eigenvalue weighted by Gasteiger charge is -2.21. The van der Waals surface area contributed by atoms with E-state index in [1.807, 2.05) is 48.5 Å². The number of nitrogens with one attached hydrogen (secondary N) is 1. The average molecular weight is 515 g/mol. The largest absolute Gasteiger partial charge is 0.481 e. The topological polar surface area (TPSA) is 116 Å². The number of carboxylic acids is 1. The van der Waals surface area contributed by atoms with Crippen molar-refractivity contribution in [2.45, 2.75) is 31.7 Å². The Labute approximate surface area is 217 Å². The van der Waals surface area contributed by atoms with Crippen LogP contribution in [0.1, 0.15) is 43.0 Å². The quantitative estimate of drug-likeness (QED) is 0.352. The Balaban J connectivity index is 1.65. The van der Waals surface area contributed by atoms with Crippen LogP contribution in [0.5, 0.6) is 0 Å². The molecule has 0 saturated heterocycles. The molecule has 0 spiro atoms. The predicted molar refractivity (Wildman–Crippen MR) is 141 cm³/mol. The number of fused-ring (bicyclic) bond motifs is 1. The summed E-state index contributed by atoms with van der Waals surface area (Å²) in [6.45, 7) is 0. The van der Waals surface area contributed by atoms with E-state index in [0.29, 0.717) is 33.1 Å². The van der Waals surface area contributed by atoms with E-state index in [4.69, 9.17) is 16.7 Å². The molecular formula is C28H23ClN4O4. The van der Waals surface area contributed by atoms with Crippen molar-refractivity contribution in [3.8, 4) is 11.1 Å². The van der Waals surface area contributed by atoms with Gasteiger partial charge in [0.25, 0.3) is 5.56 Å². The Morgan fingerprint density at radius 2 is 1.76 bits per heavy atom. The first kappa shape index (κ1) is 24.4. The Morgan fingerprint density at radius 3 is 2.49 bits per heavy atom. The van der Waals surface area contributed by atoms with Crippen LogP contribution in [-0.2, 0) is 9.59 Å². The van der Waals surface area contributed by atoms with E-state index in [1.54, 1.807) is 24.4 Å². The summed E-state index contributed by atoms with van der Waals surface area (Å²) in [6.07, 6.45) is 2.02. The minimum absolute atomic E-state index is 0.0184. The fraction of sp³-hybridized carbons (Fsp3) is 0.179. The van der Waals surface area contributed by atoms with Gasteiger partial charge < -0.3 is 10.1 Å². The number of hydrogen-bond acceptors (Lipinski definition) is 5. The van der Waals surface area contributed by atoms with Gasteiger partial charge in [-0.15, -0.1) is 0 Å². The van der Waals surface area contributed by atoms with E-state index in [0.717, 1.165) is 10.9 Å². The number of halogens is 1. The van der Waals surface area contributed by atoms with Gasteiger partial charge in [-0.2, -0.15) is 5.10 Å². The van der Waals surface area contributed by atoms with Crippen LogP contribution < -0.4 is 5.56 Å². The summed E-state index contributed by atoms with van der Waals surface area (Å²) in [5, 5.41) is 16.4. The van der Waals surface area contributed by atoms with Gasteiger partial charge in [0.05, 0.1) is 17.0 Å². The number of amides is 1. The number of rotatable bonds is 7. The molecule has 1 aliphatic rings. The van der Waals surface area contributed by atoms with Crippen molar-refractivity contribution < 1.29 is 14.7 Å². The third-order valence-corrected chi connectivity index (χ3v) is 6.57. The van der Waals surface area contributed by atoms with Crippen LogP contribution in [0.4, 0.5) is 0 Å². The number of carboxylic acid groups (broad SMARTS) is 1. The third kappa shape index (κ3) is 5.01. The first-order valence-electron chi connectivity index (χ1n) is 11.9. The van der Waals surface area contributed by atoms with E-state index in [9.17, 15) is 14.4 Å². The van der Waals surface area contributed by atoms with E-state index in [2.05, 4.69) is 15.1 Å². The van der Waals surface area contributed by atoms with Gasteiger partial charge in [-0.1, -0.05) is 48.0 Å². The number of hydrogen-bond donors (Lipinski definition) is 2. The van der Waals surface area contributed by atoms with Crippen molar-refractivity contribution in [1.29, 1.82) is 0 Å². The maximum absolute atomic E-state index is 13.5. The van der Waals surface area contributed by atoms with Crippen LogP contribution in [0, 0.1) is 0 Å². The van der Waals surface area contributed by atoms with E-state index < -0.39 is 12.0 Å². The predicted octanol–water partition coefficient (Wildman–Crippen LogP) is 5.18. The number of nitrogens with zero attached hydrogens (tertiary/aromatic N) is 3. The van der Waals surface area contributed by atoms with Crippen LogP contribution in [0.15, 0.2) is 82.8 Å². The Kier molecular flexibility index (Phi) is 6.83. The van der Waals surface area contributed by atoms with Crippen LogP contribution in [0.3, 0.4) is 0 Å². The van der Waals surface area contributed by atoms with Gasteiger partial charge >= 0.3 is 5.97 Å². The number of benzene rings is 2. The van der Waals surface area contributed by atoms with Crippen LogP contribution in [0.25, 0.3) is 22.0 Å². The van der Waals surface area contributed by atoms with Crippen molar-refractivity contribution >= 4 is 40.1 Å². The maximum Gasteiger partial charge on any atom is 0.303 e. The minimum Gasteiger partial charge on any atom is -0.481 e. The molecular weight excluding hydrogens is 492 g/mol. The van der Waals surface area contributed by atoms with E-state index in [-0.39, 0.29) is 37.1 Å². The van der Waals surface area contributed by atoms with Gasteiger partial charge in [0, 0.05) is 46.9 Å². The number of para-hydroxylation sites is 1. The summed E-state index contributed by atoms with van der Waals surface area (Å²) in [7, 11) is 0. The van der Waals surface area contributed by atoms with Crippen molar-refractivity contribution in [3.63, 3.8) is 0 Å². The van der Waals surface area contributed by atoms with Gasteiger partial charge in [-0.05, 0) is 42.3 Å². The highest BCUT2D eigenvalue weighted by Gasteiger charge is 2.35. The zero-order valence-corrected chi connectivity index (χ0v) is 20.5. The lowest BCUT2D eigenvalue weighted by atomic mass is 9.91. The molecule has 2 aromatic heterocycles. The normalized spacial score (nSPS) is 15.1. The molecule has 2 aromatic carbocycles. The molecule has 1 atom stereocenters. The first-order valence-corrected chi connectivity index (χ1v) is 12.2. The van der Waals surface area contributed by atoms with E-state index >= 15 is 0 Å². The second kappa shape index (κ2) is 10.4. The smallest absolute Gasteiger partial charge is 0.303 e. The number of carbonyl (C=O) groups excluding carboxylic acids is 1. The van der Waals surface area contributed by atoms with Crippen LogP contribution >= 0.6 is 11.6 Å². The van der Waals surface area contributed by atoms with Crippen molar-refractivity contribution in [3.05, 3.63) is 99.6 Å². The molecule has 0 aliphatic carbocycles. The van der Waals surface area contributed by atoms with Gasteiger partial charge in [0.2, 0.25) is 5.91 Å². The number of pyridine rings is 2. The molecule has 1 amide bonds. The number of carbonyl (C=O) groups is 2. The molecule has 37 heavy (non-hydrogen) atoms. The molecule has 3 heterocycles. The molecule has 8 nitrogen and oxygen atoms in total. The maximum atomic E-state index is 13.5. The van der Waals surface area contributed by atoms with Gasteiger partial charge in [0.1, 0.15) is 6.04 Å². The fourth-order valence-corrected chi connectivity index (χ4v) is 4.76. The summed E-state index contributed by atoms with van der Waals surface area (Å²) in [5.41, 5.74) is 3.34. The molecule has 2 N–H and O–H groups in total. The number of aromatic amines is 1. The average Bonchev–Trinajstić information content (AvgIpc) is 3.34. The van der Waals surface area contributed by atoms with Crippen LogP contribution in [-0.4, -0.2) is 37.7 Å². The van der Waals surface area contributed by atoms with E-state index in [1.165, 1.54) is 5.01 Å². The fourth-order valence-electron chi connectivity index (χ4n) is 4.64. The van der Waals surface area contributed by atoms with Gasteiger partial charge in [-0.25, -0.2) is 5.01 Å². The second-order valence-corrected chi connectivity index (χ2v) is 9.20. The zero-order chi connectivity index (χ0) is 25.9. The molecule has 0 unspecified atom stereocenters. The summed E-state index contributed by atoms with van der Waals surface area (Å²) < 4.78 is 0. The van der Waals surface area contributed by atoms with Gasteiger partial charge in [0.15, 0.2) is 0 Å². The number of aromatic nitrogens is 2. The molecule has 0 radical (unpaired) electrons. The summed E-state index contributed by atoms with van der Waals surface area (Å²) in [4.78, 5) is 45.0. The minimum atomic E-state index is -0.963. The van der Waals surface area contributed by atoms with Crippen molar-refractivity contribution in [2.75, 3.05) is 0 Å². The summed E-state index contributed by atoms with van der Waals surface area (Å²) in [6, 6.07) is 19.7. The SMILES string of the molecule is O=C(O)CCCC(=O)N1N=C(c2c(-c3ccc(Cl)cc3)c3ccccc3[nH]c2=O)C[C@@H]1c1ccccn1. The number of aliphatic carboxylic acids is 1. The number of H-pyrrole nitrogens is 1. The third-order valence-electron chi connectivity index (χ3n) is 6.32. The molecule has 186 valence electrons. The highest BCUT2D eigenvalue weighted by molar-refractivity contribution is 6.30. The highest BCUT2D eigenvalue weighted by Crippen LogP contribution is 2.37. The Morgan fingerprint density at radius 1 is 1.00 bits per heavy atom. The molecule has 4 aromatic rings. The lowest BCUT2D eigenvalue weighted by Crippen LogP contribution is -2.27. The molecule has 5 rings (SSSR count). The lowest BCUT2D eigenvalue weighted by molar-refractivity contribution is -0.137. The standard InChI is InChI=1S/C28H23ClN4O4/c29-18-13-11-17(12-14-18)26-19-6-1-2-7-20(19)31-28(37)27(26)22-16-23(21-8-3-4-15-30-21)33(32-22)24(34)9-5-10-25(35)36/h1-4,6-8,11-15,23H,5,9-10,16H2,(H,31,37)(H,35,36)/t23-/m1/s1. The van der Waals surface area contributed by atoms with Gasteiger partial charge in [-0.3, -0.25) is 19.4 Å². The molecule has 0 saturated carbocycles. The number of hydrazone groups is 1. The molecule has 9 heteroatoms. The molecule has 1 aliphatic heterocycles. The Bertz CT molecular complexity index is 1570. The summed E-state index contributed by atoms with van der Waals surface area (Å²) >= 11 is 6.14. The monoisotopic (exact) mass is 514 g/mol. The molecule has 0 fully saturated rings. The highest BCUT2D eigenvalue weighted by atomic mass is 35.5. The van der Waals surface area contributed by atoms with Crippen LogP contribution in [0.2, 0.25) is 5.02 Å². The molecule has 0 bridgehead atoms. The summed E-state index contributed by atoms with van der Waals surface area (Å²) in [5.74, 6) is -1.29. The Hall–Kier alpha value is -4.30. The van der Waals surface area contributed by atoms with Crippen molar-refractivity contribution in [1.82, 2.24) is 15.0 Å². The van der Waals surface area contributed by atoms with Crippen molar-refractivity contribution in [2.24, 2.45) is 5.10 Å². The zero-order valence-electron chi connectivity index (χ0n) is 19.7. The second-order valence-electron chi connectivity index (χ2n) is 8.76.